The second-order valence-electron chi connectivity index (χ2n) is 4.72. The van der Waals surface area contributed by atoms with Crippen LogP contribution in [-0.4, -0.2) is 36.4 Å². The summed E-state index contributed by atoms with van der Waals surface area (Å²) in [6.45, 7) is 5.89. The van der Waals surface area contributed by atoms with E-state index in [0.717, 1.165) is 0 Å². The number of carbonyl (C=O) groups is 1. The van der Waals surface area contributed by atoms with Gasteiger partial charge in [-0.05, 0) is 39.3 Å². The molecule has 1 rings (SSSR count). The van der Waals surface area contributed by atoms with E-state index in [2.05, 4.69) is 5.32 Å². The molecule has 0 spiro atoms. The molecule has 2 N–H and O–H groups in total. The number of carbonyl (C=O) groups excluding carboxylic acids is 1. The lowest BCUT2D eigenvalue weighted by atomic mass is 10.1. The third-order valence-corrected chi connectivity index (χ3v) is 2.61. The lowest BCUT2D eigenvalue weighted by Gasteiger charge is -2.16. The molecule has 1 amide bonds. The van der Waals surface area contributed by atoms with E-state index in [9.17, 15) is 9.90 Å². The highest BCUT2D eigenvalue weighted by Crippen LogP contribution is 2.26. The largest absolute Gasteiger partial charge is 0.490 e. The number of hydrogen-bond donors (Lipinski definition) is 2. The van der Waals surface area contributed by atoms with E-state index >= 15 is 0 Å². The van der Waals surface area contributed by atoms with Crippen LogP contribution in [0.2, 0.25) is 0 Å². The summed E-state index contributed by atoms with van der Waals surface area (Å²) in [7, 11) is 0. The normalized spacial score (nSPS) is 13.4. The second kappa shape index (κ2) is 8.43. The first kappa shape index (κ1) is 16.3. The minimum absolute atomic E-state index is 0.0752. The Morgan fingerprint density at radius 2 is 1.85 bits per heavy atom. The lowest BCUT2D eigenvalue weighted by molar-refractivity contribution is -0.123. The summed E-state index contributed by atoms with van der Waals surface area (Å²) in [5.74, 6) is 0.956. The van der Waals surface area contributed by atoms with Crippen molar-refractivity contribution < 1.29 is 19.4 Å². The average Bonchev–Trinajstić information content (AvgIpc) is 2.37. The molecule has 0 saturated heterocycles. The van der Waals surface area contributed by atoms with E-state index < -0.39 is 6.10 Å². The molecule has 1 aromatic rings. The van der Waals surface area contributed by atoms with Crippen molar-refractivity contribution in [2.24, 2.45) is 0 Å². The molecule has 0 aromatic heterocycles. The zero-order valence-electron chi connectivity index (χ0n) is 12.3. The number of rotatable bonds is 8. The second-order valence-corrected chi connectivity index (χ2v) is 4.72. The average molecular weight is 281 g/mol. The van der Waals surface area contributed by atoms with E-state index in [1.54, 1.807) is 19.1 Å². The molecule has 0 heterocycles. The monoisotopic (exact) mass is 281 g/mol. The van der Waals surface area contributed by atoms with Crippen molar-refractivity contribution in [1.82, 2.24) is 5.32 Å². The summed E-state index contributed by atoms with van der Waals surface area (Å²) >= 11 is 0. The summed E-state index contributed by atoms with van der Waals surface area (Å²) in [6, 6.07) is 7.15. The maximum Gasteiger partial charge on any atom is 0.258 e. The van der Waals surface area contributed by atoms with Crippen molar-refractivity contribution in [3.05, 3.63) is 24.3 Å². The van der Waals surface area contributed by atoms with Gasteiger partial charge in [-0.2, -0.15) is 0 Å². The smallest absolute Gasteiger partial charge is 0.258 e. The highest BCUT2D eigenvalue weighted by atomic mass is 16.5. The predicted molar refractivity (Wildman–Crippen MR) is 77.0 cm³/mol. The Balaban J connectivity index is 2.44. The standard InChI is InChI=1S/C15H23NO4/c1-4-19-13-7-5-6-8-14(13)20-10-15(18)16-11(2)9-12(3)17/h5-8,11-12,17H,4,9-10H2,1-3H3,(H,16,18). The van der Waals surface area contributed by atoms with Gasteiger partial charge in [-0.3, -0.25) is 4.79 Å². The molecule has 0 aliphatic carbocycles. The maximum atomic E-state index is 11.7. The van der Waals surface area contributed by atoms with Crippen LogP contribution in [-0.2, 0) is 4.79 Å². The van der Waals surface area contributed by atoms with E-state index in [1.165, 1.54) is 0 Å². The zero-order valence-corrected chi connectivity index (χ0v) is 12.3. The number of amides is 1. The van der Waals surface area contributed by atoms with Crippen LogP contribution in [0.5, 0.6) is 11.5 Å². The SMILES string of the molecule is CCOc1ccccc1OCC(=O)NC(C)CC(C)O. The van der Waals surface area contributed by atoms with Crippen molar-refractivity contribution in [3.63, 3.8) is 0 Å². The van der Waals surface area contributed by atoms with Crippen LogP contribution in [0.25, 0.3) is 0 Å². The number of para-hydroxylation sites is 2. The number of aliphatic hydroxyl groups is 1. The Morgan fingerprint density at radius 1 is 1.25 bits per heavy atom. The molecule has 0 saturated carbocycles. The summed E-state index contributed by atoms with van der Waals surface area (Å²) in [6.07, 6.45) is 0.0752. The number of ether oxygens (including phenoxy) is 2. The lowest BCUT2D eigenvalue weighted by Crippen LogP contribution is -2.37. The van der Waals surface area contributed by atoms with Crippen LogP contribution >= 0.6 is 0 Å². The molecule has 0 aliphatic heterocycles. The van der Waals surface area contributed by atoms with Crippen LogP contribution in [0.1, 0.15) is 27.2 Å². The van der Waals surface area contributed by atoms with Crippen LogP contribution in [0.3, 0.4) is 0 Å². The van der Waals surface area contributed by atoms with E-state index in [4.69, 9.17) is 9.47 Å². The van der Waals surface area contributed by atoms with E-state index in [1.807, 2.05) is 26.0 Å². The number of hydrogen-bond acceptors (Lipinski definition) is 4. The van der Waals surface area contributed by atoms with Gasteiger partial charge in [0.25, 0.3) is 5.91 Å². The molecule has 5 heteroatoms. The van der Waals surface area contributed by atoms with Crippen LogP contribution < -0.4 is 14.8 Å². The Labute approximate surface area is 119 Å². The summed E-state index contributed by atoms with van der Waals surface area (Å²) < 4.78 is 10.9. The van der Waals surface area contributed by atoms with Gasteiger partial charge >= 0.3 is 0 Å². The fraction of sp³-hybridized carbons (Fsp3) is 0.533. The van der Waals surface area contributed by atoms with Crippen molar-refractivity contribution >= 4 is 5.91 Å². The molecule has 2 atom stereocenters. The first-order valence-corrected chi connectivity index (χ1v) is 6.85. The van der Waals surface area contributed by atoms with Gasteiger partial charge in [-0.15, -0.1) is 0 Å². The van der Waals surface area contributed by atoms with Crippen molar-refractivity contribution in [1.29, 1.82) is 0 Å². The minimum atomic E-state index is -0.440. The van der Waals surface area contributed by atoms with E-state index in [-0.39, 0.29) is 18.6 Å². The molecular formula is C15H23NO4. The van der Waals surface area contributed by atoms with Crippen LogP contribution in [0, 0.1) is 0 Å². The van der Waals surface area contributed by atoms with Crippen molar-refractivity contribution in [3.8, 4) is 11.5 Å². The topological polar surface area (TPSA) is 67.8 Å². The molecule has 0 aliphatic rings. The third-order valence-electron chi connectivity index (χ3n) is 2.61. The quantitative estimate of drug-likeness (QED) is 0.761. The van der Waals surface area contributed by atoms with Gasteiger partial charge in [0.2, 0.25) is 0 Å². The highest BCUT2D eigenvalue weighted by Gasteiger charge is 2.11. The first-order valence-electron chi connectivity index (χ1n) is 6.85. The number of aliphatic hydroxyl groups excluding tert-OH is 1. The summed E-state index contributed by atoms with van der Waals surface area (Å²) in [5, 5.41) is 12.0. The van der Waals surface area contributed by atoms with Gasteiger partial charge in [0.1, 0.15) is 0 Å². The molecule has 1 aromatic carbocycles. The van der Waals surface area contributed by atoms with Crippen LogP contribution in [0.15, 0.2) is 24.3 Å². The summed E-state index contributed by atoms with van der Waals surface area (Å²) in [5.41, 5.74) is 0. The molecular weight excluding hydrogens is 258 g/mol. The number of nitrogens with one attached hydrogen (secondary N) is 1. The molecule has 2 unspecified atom stereocenters. The Morgan fingerprint density at radius 3 is 2.40 bits per heavy atom. The van der Waals surface area contributed by atoms with Gasteiger partial charge in [0, 0.05) is 6.04 Å². The molecule has 20 heavy (non-hydrogen) atoms. The van der Waals surface area contributed by atoms with Crippen LogP contribution in [0.4, 0.5) is 0 Å². The molecule has 0 bridgehead atoms. The van der Waals surface area contributed by atoms with E-state index in [0.29, 0.717) is 24.5 Å². The summed E-state index contributed by atoms with van der Waals surface area (Å²) in [4.78, 5) is 11.7. The minimum Gasteiger partial charge on any atom is -0.490 e. The molecule has 5 nitrogen and oxygen atoms in total. The predicted octanol–water partition coefficient (Wildman–Crippen LogP) is 1.74. The van der Waals surface area contributed by atoms with Gasteiger partial charge in [-0.25, -0.2) is 0 Å². The Hall–Kier alpha value is -1.75. The molecule has 112 valence electrons. The maximum absolute atomic E-state index is 11.7. The fourth-order valence-corrected chi connectivity index (χ4v) is 1.87. The highest BCUT2D eigenvalue weighted by molar-refractivity contribution is 5.77. The van der Waals surface area contributed by atoms with Gasteiger partial charge in [0.15, 0.2) is 18.1 Å². The molecule has 0 fully saturated rings. The molecule has 0 radical (unpaired) electrons. The van der Waals surface area contributed by atoms with Gasteiger partial charge < -0.3 is 19.9 Å². The fourth-order valence-electron chi connectivity index (χ4n) is 1.87. The zero-order chi connectivity index (χ0) is 15.0. The first-order chi connectivity index (χ1) is 9.52. The Bertz CT molecular complexity index is 420. The Kier molecular flexibility index (Phi) is 6.87. The number of benzene rings is 1. The van der Waals surface area contributed by atoms with Gasteiger partial charge in [-0.1, -0.05) is 12.1 Å². The van der Waals surface area contributed by atoms with Crippen molar-refractivity contribution in [2.75, 3.05) is 13.2 Å². The van der Waals surface area contributed by atoms with Crippen molar-refractivity contribution in [2.45, 2.75) is 39.3 Å². The third kappa shape index (κ3) is 5.93. The van der Waals surface area contributed by atoms with Gasteiger partial charge in [0.05, 0.1) is 12.7 Å².